The van der Waals surface area contributed by atoms with Crippen molar-refractivity contribution in [2.45, 2.75) is 126 Å². The van der Waals surface area contributed by atoms with E-state index in [1.807, 2.05) is 25.4 Å². The molecular formula is C30H50N3O16+. The van der Waals surface area contributed by atoms with Crippen LogP contribution in [0.5, 0.6) is 0 Å². The van der Waals surface area contributed by atoms with Gasteiger partial charge in [0.2, 0.25) is 5.91 Å². The monoisotopic (exact) mass is 708 g/mol. The second-order valence-electron chi connectivity index (χ2n) is 12.4. The Hall–Kier alpha value is -2.02. The van der Waals surface area contributed by atoms with E-state index in [9.17, 15) is 45.6 Å². The first-order valence-electron chi connectivity index (χ1n) is 16.1. The Kier molecular flexibility index (Phi) is 15.0. The van der Waals surface area contributed by atoms with Crippen molar-refractivity contribution < 1.29 is 83.9 Å². The fraction of sp³-hybridized carbons (Fsp3) is 0.800. The first-order chi connectivity index (χ1) is 23.4. The minimum Gasteiger partial charge on any atom is -0.394 e. The van der Waals surface area contributed by atoms with E-state index in [2.05, 4.69) is 15.8 Å². The molecule has 280 valence electrons. The summed E-state index contributed by atoms with van der Waals surface area (Å²) in [6.07, 6.45) is -17.4. The second kappa shape index (κ2) is 18.5. The van der Waals surface area contributed by atoms with E-state index in [0.29, 0.717) is 19.6 Å². The van der Waals surface area contributed by atoms with Gasteiger partial charge in [-0.2, -0.15) is 0 Å². The third kappa shape index (κ3) is 10.1. The average Bonchev–Trinajstić information content (AvgIpc) is 3.07. The Balaban J connectivity index is 1.51. The Morgan fingerprint density at radius 3 is 2.12 bits per heavy atom. The lowest BCUT2D eigenvalue weighted by atomic mass is 9.94. The van der Waals surface area contributed by atoms with Gasteiger partial charge in [-0.05, 0) is 26.3 Å². The zero-order chi connectivity index (χ0) is 35.8. The van der Waals surface area contributed by atoms with Crippen molar-refractivity contribution >= 4 is 5.91 Å². The topological polar surface area (TPSA) is 282 Å². The smallest absolute Gasteiger partial charge is 0.217 e. The molecule has 3 aliphatic heterocycles. The van der Waals surface area contributed by atoms with Crippen LogP contribution in [0.3, 0.4) is 0 Å². The fourth-order valence-electron chi connectivity index (χ4n) is 5.81. The highest BCUT2D eigenvalue weighted by molar-refractivity contribution is 5.73. The molecule has 0 saturated carbocycles. The molecule has 19 heteroatoms. The van der Waals surface area contributed by atoms with Gasteiger partial charge in [0, 0.05) is 24.6 Å². The Labute approximate surface area is 282 Å². The molecule has 1 amide bonds. The van der Waals surface area contributed by atoms with Crippen molar-refractivity contribution in [3.8, 4) is 0 Å². The number of aliphatic hydroxyl groups excluding tert-OH is 8. The van der Waals surface area contributed by atoms with Gasteiger partial charge in [-0.1, -0.05) is 0 Å². The first kappa shape index (κ1) is 39.8. The van der Waals surface area contributed by atoms with Crippen LogP contribution >= 0.6 is 0 Å². The van der Waals surface area contributed by atoms with E-state index in [-0.39, 0.29) is 6.61 Å². The molecule has 1 aromatic rings. The van der Waals surface area contributed by atoms with Crippen LogP contribution in [0.25, 0.3) is 0 Å². The molecular weight excluding hydrogens is 658 g/mol. The number of hydroxylamine groups is 1. The summed E-state index contributed by atoms with van der Waals surface area (Å²) in [5.41, 5.74) is 4.81. The molecule has 3 aliphatic rings. The average molecular weight is 709 g/mol. The predicted molar refractivity (Wildman–Crippen MR) is 160 cm³/mol. The molecule has 3 saturated heterocycles. The number of aliphatic hydroxyl groups is 8. The van der Waals surface area contributed by atoms with Crippen molar-refractivity contribution in [1.29, 1.82) is 0 Å². The number of nitrogens with one attached hydrogen (secondary N) is 3. The molecule has 15 atom stereocenters. The lowest BCUT2D eigenvalue weighted by Gasteiger charge is -2.50. The van der Waals surface area contributed by atoms with E-state index >= 15 is 0 Å². The van der Waals surface area contributed by atoms with Crippen molar-refractivity contribution in [3.63, 3.8) is 0 Å². The number of amides is 1. The summed E-state index contributed by atoms with van der Waals surface area (Å²) in [5.74, 6) is -0.574. The molecule has 0 bridgehead atoms. The third-order valence-electron chi connectivity index (χ3n) is 8.47. The molecule has 19 nitrogen and oxygen atoms in total. The predicted octanol–water partition coefficient (Wildman–Crippen LogP) is -5.14. The van der Waals surface area contributed by atoms with Crippen molar-refractivity contribution in [2.75, 3.05) is 26.4 Å². The normalized spacial score (nSPS) is 39.9. The van der Waals surface area contributed by atoms with Gasteiger partial charge in [0.25, 0.3) is 0 Å². The van der Waals surface area contributed by atoms with Crippen molar-refractivity contribution in [2.24, 2.45) is 0 Å². The number of pyridine rings is 1. The number of ether oxygens (including phenoxy) is 6. The van der Waals surface area contributed by atoms with Crippen LogP contribution in [0.4, 0.5) is 0 Å². The van der Waals surface area contributed by atoms with E-state index in [0.717, 1.165) is 11.1 Å². The van der Waals surface area contributed by atoms with Crippen LogP contribution in [0.15, 0.2) is 18.5 Å². The maximum Gasteiger partial charge on any atom is 0.217 e. The van der Waals surface area contributed by atoms with Crippen molar-refractivity contribution in [1.82, 2.24) is 10.8 Å². The number of aromatic amines is 1. The molecule has 0 spiro atoms. The molecule has 0 aliphatic carbocycles. The number of hydrogen-bond donors (Lipinski definition) is 10. The molecule has 11 N–H and O–H groups in total. The number of H-pyrrole nitrogens is 1. The van der Waals surface area contributed by atoms with Gasteiger partial charge >= 0.3 is 0 Å². The number of hydrogen-bond acceptors (Lipinski definition) is 17. The number of carbonyl (C=O) groups is 1. The quantitative estimate of drug-likeness (QED) is 0.0602. The summed E-state index contributed by atoms with van der Waals surface area (Å²) in [6, 6.07) is 0.710. The highest BCUT2D eigenvalue weighted by Crippen LogP contribution is 2.33. The molecule has 0 radical (unpaired) electrons. The van der Waals surface area contributed by atoms with Crippen LogP contribution in [-0.4, -0.2) is 165 Å². The minimum absolute atomic E-state index is 0.0534. The van der Waals surface area contributed by atoms with E-state index in [1.165, 1.54) is 13.8 Å². The lowest BCUT2D eigenvalue weighted by molar-refractivity contribution is -0.379. The van der Waals surface area contributed by atoms with Crippen LogP contribution in [0.1, 0.15) is 31.4 Å². The molecule has 4 rings (SSSR count). The van der Waals surface area contributed by atoms with Crippen LogP contribution in [0, 0.1) is 6.92 Å². The van der Waals surface area contributed by atoms with Gasteiger partial charge in [0.15, 0.2) is 31.3 Å². The van der Waals surface area contributed by atoms with Gasteiger partial charge in [0.05, 0.1) is 32.5 Å². The van der Waals surface area contributed by atoms with Gasteiger partial charge in [-0.25, -0.2) is 10.5 Å². The standard InChI is InChI=1S/C30H49N3O16/c1-13-7-16(9-31-8-13)12-44-32-5-4-6-43-28-19(33-15(3)36)27(49-30-25(42)23(40)21(38)17(10-34)46-30)26(18(11-35)47-28)48-29-24(41)22(39)20(37)14(2)45-29/h7-9,14,17-30,32,34-35,37-42H,4-6,10-12H2,1-3H3,(H,33,36)/p+1/t14?,17?,18?,19?,20-,21+,22+,23-,24?,25?,26-,27+,28-,29+,30+/m1/s1. The zero-order valence-electron chi connectivity index (χ0n) is 27.5. The van der Waals surface area contributed by atoms with Crippen LogP contribution in [-0.2, 0) is 44.7 Å². The summed E-state index contributed by atoms with van der Waals surface area (Å²) >= 11 is 0. The molecule has 4 heterocycles. The van der Waals surface area contributed by atoms with Gasteiger partial charge in [-0.15, -0.1) is 0 Å². The lowest BCUT2D eigenvalue weighted by Crippen LogP contribution is -2.69. The van der Waals surface area contributed by atoms with E-state index < -0.39 is 111 Å². The Morgan fingerprint density at radius 2 is 1.47 bits per heavy atom. The highest BCUT2D eigenvalue weighted by atomic mass is 16.8. The fourth-order valence-corrected chi connectivity index (χ4v) is 5.81. The summed E-state index contributed by atoms with van der Waals surface area (Å²) in [5, 5.41) is 85.4. The van der Waals surface area contributed by atoms with Crippen LogP contribution in [0.2, 0.25) is 0 Å². The number of rotatable bonds is 15. The molecule has 6 unspecified atom stereocenters. The SMILES string of the molecule is CC(=O)NC1[C@H](OCCCNOCc2c[nH+]cc(C)c2)OC(CO)[C@@H](O[C@@H]2OC(C)[C@@H](O)[C@H](O)C2O)[C@H]1O[C@@H]1OC(CO)[C@H](O)[C@@H](O)C1O. The number of aryl methyl sites for hydroxylation is 1. The zero-order valence-corrected chi connectivity index (χ0v) is 27.5. The minimum atomic E-state index is -1.86. The maximum absolute atomic E-state index is 12.5. The molecule has 3 fully saturated rings. The summed E-state index contributed by atoms with van der Waals surface area (Å²) < 4.78 is 35.2. The summed E-state index contributed by atoms with van der Waals surface area (Å²) in [4.78, 5) is 21.0. The number of carbonyl (C=O) groups excluding carboxylic acids is 1. The Bertz CT molecular complexity index is 1170. The summed E-state index contributed by atoms with van der Waals surface area (Å²) in [7, 11) is 0. The molecule has 0 aromatic carbocycles. The molecule has 1 aromatic heterocycles. The van der Waals surface area contributed by atoms with Crippen molar-refractivity contribution in [3.05, 3.63) is 29.6 Å². The largest absolute Gasteiger partial charge is 0.394 e. The van der Waals surface area contributed by atoms with E-state index in [1.54, 1.807) is 0 Å². The number of aromatic nitrogens is 1. The maximum atomic E-state index is 12.5. The Morgan fingerprint density at radius 1 is 0.837 bits per heavy atom. The van der Waals surface area contributed by atoms with E-state index in [4.69, 9.17) is 33.3 Å². The van der Waals surface area contributed by atoms with Crippen LogP contribution < -0.4 is 15.8 Å². The first-order valence-corrected chi connectivity index (χ1v) is 16.1. The third-order valence-corrected chi connectivity index (χ3v) is 8.47. The van der Waals surface area contributed by atoms with Gasteiger partial charge in [0.1, 0.15) is 67.1 Å². The summed E-state index contributed by atoms with van der Waals surface area (Å²) in [6.45, 7) is 3.83. The van der Waals surface area contributed by atoms with Gasteiger partial charge in [-0.3, -0.25) is 9.63 Å². The second-order valence-corrected chi connectivity index (χ2v) is 12.4. The molecule has 49 heavy (non-hydrogen) atoms. The van der Waals surface area contributed by atoms with Gasteiger partial charge < -0.3 is 74.6 Å². The highest BCUT2D eigenvalue weighted by Gasteiger charge is 2.54.